The van der Waals surface area contributed by atoms with Gasteiger partial charge in [0.25, 0.3) is 0 Å². The molecule has 2 fully saturated rings. The fourth-order valence-electron chi connectivity index (χ4n) is 3.57. The van der Waals surface area contributed by atoms with Crippen LogP contribution in [0.4, 0.5) is 13.2 Å². The van der Waals surface area contributed by atoms with E-state index in [1.165, 1.54) is 10.5 Å². The lowest BCUT2D eigenvalue weighted by molar-refractivity contribution is -0.143. The number of guanidine groups is 1. The van der Waals surface area contributed by atoms with Crippen molar-refractivity contribution in [2.24, 2.45) is 4.99 Å². The average molecular weight is 368 g/mol. The Morgan fingerprint density at radius 3 is 2.62 bits per heavy atom. The number of hydrogen-bond acceptors (Lipinski definition) is 2. The summed E-state index contributed by atoms with van der Waals surface area (Å²) in [5, 5.41) is 6.54. The largest absolute Gasteiger partial charge is 0.401 e. The smallest absolute Gasteiger partial charge is 0.357 e. The quantitative estimate of drug-likeness (QED) is 0.599. The lowest BCUT2D eigenvalue weighted by Gasteiger charge is -2.20. The van der Waals surface area contributed by atoms with Gasteiger partial charge in [0.1, 0.15) is 0 Å². The molecule has 0 spiro atoms. The Balaban J connectivity index is 1.57. The molecule has 0 amide bonds. The van der Waals surface area contributed by atoms with E-state index in [-0.39, 0.29) is 11.5 Å². The van der Waals surface area contributed by atoms with Gasteiger partial charge in [0.2, 0.25) is 0 Å². The van der Waals surface area contributed by atoms with Crippen molar-refractivity contribution in [3.05, 3.63) is 35.9 Å². The minimum Gasteiger partial charge on any atom is -0.357 e. The predicted octanol–water partition coefficient (Wildman–Crippen LogP) is 2.91. The first-order valence-corrected chi connectivity index (χ1v) is 9.30. The van der Waals surface area contributed by atoms with E-state index in [0.717, 1.165) is 19.4 Å². The molecule has 3 rings (SSSR count). The van der Waals surface area contributed by atoms with E-state index >= 15 is 0 Å². The SMILES string of the molecule is CCNC(=NCC1(c2ccccc2)CC1)NC1CCN(CC(F)(F)F)C1. The van der Waals surface area contributed by atoms with E-state index in [1.54, 1.807) is 0 Å². The maximum absolute atomic E-state index is 12.5. The normalized spacial score (nSPS) is 23.1. The van der Waals surface area contributed by atoms with Gasteiger partial charge in [-0.25, -0.2) is 0 Å². The van der Waals surface area contributed by atoms with Crippen LogP contribution in [0.1, 0.15) is 31.7 Å². The number of likely N-dealkylation sites (tertiary alicyclic amines) is 1. The summed E-state index contributed by atoms with van der Waals surface area (Å²) >= 11 is 0. The van der Waals surface area contributed by atoms with Crippen LogP contribution in [0.15, 0.2) is 35.3 Å². The van der Waals surface area contributed by atoms with Crippen LogP contribution >= 0.6 is 0 Å². The highest BCUT2D eigenvalue weighted by atomic mass is 19.4. The van der Waals surface area contributed by atoms with Crippen molar-refractivity contribution < 1.29 is 13.2 Å². The predicted molar refractivity (Wildman–Crippen MR) is 97.4 cm³/mol. The standard InChI is InChI=1S/C19H27F3N4/c1-2-23-17(25-16-8-11-26(12-16)14-19(20,21)22)24-13-18(9-10-18)15-6-4-3-5-7-15/h3-7,16H,2,8-14H2,1H3,(H2,23,24,25). The summed E-state index contributed by atoms with van der Waals surface area (Å²) in [6.07, 6.45) is -1.18. The molecule has 2 N–H and O–H groups in total. The van der Waals surface area contributed by atoms with Crippen LogP contribution in [0.2, 0.25) is 0 Å². The Kier molecular flexibility index (Phi) is 5.75. The molecule has 2 aliphatic rings. The van der Waals surface area contributed by atoms with Crippen molar-refractivity contribution in [2.45, 2.75) is 43.8 Å². The average Bonchev–Trinajstić information content (AvgIpc) is 3.27. The number of benzene rings is 1. The minimum absolute atomic E-state index is 0.00188. The second-order valence-electron chi connectivity index (χ2n) is 7.32. The third-order valence-corrected chi connectivity index (χ3v) is 5.14. The van der Waals surface area contributed by atoms with Gasteiger partial charge in [-0.3, -0.25) is 9.89 Å². The second-order valence-corrected chi connectivity index (χ2v) is 7.32. The highest BCUT2D eigenvalue weighted by Gasteiger charge is 2.44. The zero-order valence-corrected chi connectivity index (χ0v) is 15.1. The molecule has 26 heavy (non-hydrogen) atoms. The van der Waals surface area contributed by atoms with Crippen LogP contribution in [0.3, 0.4) is 0 Å². The Morgan fingerprint density at radius 2 is 2.00 bits per heavy atom. The van der Waals surface area contributed by atoms with Crippen molar-refractivity contribution in [3.63, 3.8) is 0 Å². The Morgan fingerprint density at radius 1 is 1.27 bits per heavy atom. The van der Waals surface area contributed by atoms with Gasteiger partial charge in [-0.2, -0.15) is 13.2 Å². The highest BCUT2D eigenvalue weighted by molar-refractivity contribution is 5.80. The molecule has 1 atom stereocenters. The Labute approximate surface area is 152 Å². The first-order chi connectivity index (χ1) is 12.4. The molecule has 1 saturated heterocycles. The summed E-state index contributed by atoms with van der Waals surface area (Å²) in [5.41, 5.74) is 1.44. The number of hydrogen-bond donors (Lipinski definition) is 2. The zero-order valence-electron chi connectivity index (χ0n) is 15.1. The molecular formula is C19H27F3N4. The van der Waals surface area contributed by atoms with Gasteiger partial charge in [-0.05, 0) is 31.7 Å². The fraction of sp³-hybridized carbons (Fsp3) is 0.632. The summed E-state index contributed by atoms with van der Waals surface area (Å²) in [7, 11) is 0. The van der Waals surface area contributed by atoms with Crippen molar-refractivity contribution >= 4 is 5.96 Å². The van der Waals surface area contributed by atoms with Gasteiger partial charge in [0, 0.05) is 31.1 Å². The number of aliphatic imine (C=N–C) groups is 1. The monoisotopic (exact) mass is 368 g/mol. The molecule has 1 heterocycles. The molecule has 1 aliphatic heterocycles. The van der Waals surface area contributed by atoms with Crippen molar-refractivity contribution in [1.29, 1.82) is 0 Å². The van der Waals surface area contributed by atoms with Crippen molar-refractivity contribution in [2.75, 3.05) is 32.7 Å². The zero-order chi connectivity index (χ0) is 18.6. The summed E-state index contributed by atoms with van der Waals surface area (Å²) in [4.78, 5) is 6.19. The van der Waals surface area contributed by atoms with Crippen LogP contribution < -0.4 is 10.6 Å². The maximum Gasteiger partial charge on any atom is 0.401 e. The number of rotatable bonds is 6. The molecule has 144 valence electrons. The van der Waals surface area contributed by atoms with Gasteiger partial charge in [-0.1, -0.05) is 30.3 Å². The van der Waals surface area contributed by atoms with E-state index in [4.69, 9.17) is 4.99 Å². The molecule has 0 bridgehead atoms. The van der Waals surface area contributed by atoms with E-state index in [9.17, 15) is 13.2 Å². The highest BCUT2D eigenvalue weighted by Crippen LogP contribution is 2.48. The summed E-state index contributed by atoms with van der Waals surface area (Å²) in [6.45, 7) is 3.44. The third kappa shape index (κ3) is 5.13. The van der Waals surface area contributed by atoms with Gasteiger partial charge < -0.3 is 10.6 Å². The fourth-order valence-corrected chi connectivity index (χ4v) is 3.57. The molecule has 1 unspecified atom stereocenters. The Hall–Kier alpha value is -1.76. The molecule has 1 aromatic carbocycles. The first kappa shape index (κ1) is 19.0. The van der Waals surface area contributed by atoms with Crippen LogP contribution in [-0.2, 0) is 5.41 Å². The lowest BCUT2D eigenvalue weighted by atomic mass is 9.96. The molecule has 7 heteroatoms. The van der Waals surface area contributed by atoms with E-state index in [2.05, 4.69) is 34.9 Å². The first-order valence-electron chi connectivity index (χ1n) is 9.30. The number of nitrogens with one attached hydrogen (secondary N) is 2. The van der Waals surface area contributed by atoms with E-state index in [1.807, 2.05) is 13.0 Å². The Bertz CT molecular complexity index is 611. The molecule has 1 aliphatic carbocycles. The number of halogens is 3. The topological polar surface area (TPSA) is 39.7 Å². The minimum atomic E-state index is -4.14. The number of alkyl halides is 3. The lowest BCUT2D eigenvalue weighted by Crippen LogP contribution is -2.45. The van der Waals surface area contributed by atoms with E-state index < -0.39 is 12.7 Å². The third-order valence-electron chi connectivity index (χ3n) is 5.14. The molecule has 0 radical (unpaired) electrons. The summed E-state index contributed by atoms with van der Waals surface area (Å²) in [6, 6.07) is 10.4. The summed E-state index contributed by atoms with van der Waals surface area (Å²) in [5.74, 6) is 0.702. The summed E-state index contributed by atoms with van der Waals surface area (Å²) < 4.78 is 37.6. The van der Waals surface area contributed by atoms with Crippen molar-refractivity contribution in [3.8, 4) is 0 Å². The van der Waals surface area contributed by atoms with Crippen LogP contribution in [0.25, 0.3) is 0 Å². The van der Waals surface area contributed by atoms with Crippen LogP contribution in [-0.4, -0.2) is 55.8 Å². The van der Waals surface area contributed by atoms with Gasteiger partial charge >= 0.3 is 6.18 Å². The maximum atomic E-state index is 12.5. The van der Waals surface area contributed by atoms with Crippen molar-refractivity contribution in [1.82, 2.24) is 15.5 Å². The molecule has 0 aromatic heterocycles. The molecule has 4 nitrogen and oxygen atoms in total. The molecule has 1 saturated carbocycles. The second kappa shape index (κ2) is 7.86. The number of nitrogens with zero attached hydrogens (tertiary/aromatic N) is 2. The van der Waals surface area contributed by atoms with E-state index in [0.29, 0.717) is 32.0 Å². The van der Waals surface area contributed by atoms with Gasteiger partial charge in [-0.15, -0.1) is 0 Å². The molecule has 1 aromatic rings. The molecular weight excluding hydrogens is 341 g/mol. The van der Waals surface area contributed by atoms with Gasteiger partial charge in [0.05, 0.1) is 13.1 Å². The van der Waals surface area contributed by atoms with Gasteiger partial charge in [0.15, 0.2) is 5.96 Å². The van der Waals surface area contributed by atoms with Crippen LogP contribution in [0.5, 0.6) is 0 Å². The van der Waals surface area contributed by atoms with Crippen LogP contribution in [0, 0.1) is 0 Å².